The Bertz CT molecular complexity index is 816. The van der Waals surface area contributed by atoms with Crippen LogP contribution in [0.25, 0.3) is 0 Å². The maximum absolute atomic E-state index is 13.2. The normalized spacial score (nSPS) is 22.4. The number of benzene rings is 1. The molecule has 2 unspecified atom stereocenters. The molecule has 2 aliphatic rings. The lowest BCUT2D eigenvalue weighted by Gasteiger charge is -2.28. The van der Waals surface area contributed by atoms with Crippen molar-refractivity contribution in [3.63, 3.8) is 0 Å². The summed E-state index contributed by atoms with van der Waals surface area (Å²) in [5, 5.41) is 6.98. The highest BCUT2D eigenvalue weighted by Gasteiger charge is 2.41. The topological polar surface area (TPSA) is 76.5 Å². The van der Waals surface area contributed by atoms with Crippen LogP contribution in [0, 0.1) is 0 Å². The van der Waals surface area contributed by atoms with Crippen molar-refractivity contribution in [1.29, 1.82) is 0 Å². The van der Waals surface area contributed by atoms with Gasteiger partial charge < -0.3 is 15.0 Å². The molecule has 0 spiro atoms. The first kappa shape index (κ1) is 15.7. The number of amides is 2. The molecule has 2 aromatic rings. The van der Waals surface area contributed by atoms with Crippen LogP contribution in [0.4, 0.5) is 0 Å². The van der Waals surface area contributed by atoms with Gasteiger partial charge in [-0.05, 0) is 25.0 Å². The molecule has 2 fully saturated rings. The molecule has 2 aliphatic heterocycles. The standard InChI is InChI=1S/C18H20N4O3/c1-21-11-14(10-20-21)25-16-5-3-2-4-15(16)18(24)22-12-6-7-13(22)9-19-17(23)8-12/h2-5,10-13H,6-9H2,1H3,(H,19,23). The summed E-state index contributed by atoms with van der Waals surface area (Å²) in [5.41, 5.74) is 0.512. The van der Waals surface area contributed by atoms with E-state index in [1.807, 2.05) is 24.1 Å². The second-order valence-electron chi connectivity index (χ2n) is 6.55. The van der Waals surface area contributed by atoms with Crippen LogP contribution in [-0.4, -0.2) is 45.1 Å². The van der Waals surface area contributed by atoms with E-state index < -0.39 is 0 Å². The van der Waals surface area contributed by atoms with Crippen molar-refractivity contribution >= 4 is 11.8 Å². The maximum Gasteiger partial charge on any atom is 0.258 e. The van der Waals surface area contributed by atoms with Crippen LogP contribution < -0.4 is 10.1 Å². The van der Waals surface area contributed by atoms with Gasteiger partial charge in [-0.1, -0.05) is 12.1 Å². The molecule has 3 heterocycles. The highest BCUT2D eigenvalue weighted by molar-refractivity contribution is 5.98. The molecule has 4 rings (SSSR count). The van der Waals surface area contributed by atoms with E-state index in [1.54, 1.807) is 29.2 Å². The van der Waals surface area contributed by atoms with E-state index in [-0.39, 0.29) is 23.9 Å². The van der Waals surface area contributed by atoms with Crippen molar-refractivity contribution in [2.24, 2.45) is 7.05 Å². The Labute approximate surface area is 145 Å². The Kier molecular flexibility index (Phi) is 3.91. The lowest BCUT2D eigenvalue weighted by atomic mass is 10.1. The van der Waals surface area contributed by atoms with Crippen molar-refractivity contribution in [2.45, 2.75) is 31.3 Å². The van der Waals surface area contributed by atoms with Crippen LogP contribution in [0.1, 0.15) is 29.6 Å². The monoisotopic (exact) mass is 340 g/mol. The van der Waals surface area contributed by atoms with Gasteiger partial charge in [-0.2, -0.15) is 5.10 Å². The summed E-state index contributed by atoms with van der Waals surface area (Å²) in [7, 11) is 1.81. The van der Waals surface area contributed by atoms with Crippen LogP contribution in [0.2, 0.25) is 0 Å². The van der Waals surface area contributed by atoms with Crippen LogP contribution >= 0.6 is 0 Å². The summed E-state index contributed by atoms with van der Waals surface area (Å²) in [4.78, 5) is 26.9. The number of nitrogens with zero attached hydrogens (tertiary/aromatic N) is 3. The van der Waals surface area contributed by atoms with Crippen LogP contribution in [0.15, 0.2) is 36.7 Å². The molecule has 0 radical (unpaired) electrons. The molecule has 25 heavy (non-hydrogen) atoms. The predicted molar refractivity (Wildman–Crippen MR) is 90.3 cm³/mol. The van der Waals surface area contributed by atoms with Gasteiger partial charge in [0.25, 0.3) is 5.91 Å². The molecular formula is C18H20N4O3. The fourth-order valence-electron chi connectivity index (χ4n) is 3.66. The third-order valence-corrected chi connectivity index (χ3v) is 4.84. The fraction of sp³-hybridized carbons (Fsp3) is 0.389. The highest BCUT2D eigenvalue weighted by Crippen LogP contribution is 2.33. The molecule has 0 aliphatic carbocycles. The number of nitrogens with one attached hydrogen (secondary N) is 1. The van der Waals surface area contributed by atoms with Crippen molar-refractivity contribution in [2.75, 3.05) is 6.54 Å². The number of aryl methyl sites for hydroxylation is 1. The van der Waals surface area contributed by atoms with E-state index in [4.69, 9.17) is 4.74 Å². The number of para-hydroxylation sites is 1. The molecule has 2 saturated heterocycles. The zero-order chi connectivity index (χ0) is 17.4. The van der Waals surface area contributed by atoms with E-state index in [0.717, 1.165) is 12.8 Å². The van der Waals surface area contributed by atoms with Crippen molar-refractivity contribution in [3.8, 4) is 11.5 Å². The molecule has 1 aromatic carbocycles. The second kappa shape index (κ2) is 6.23. The molecule has 7 nitrogen and oxygen atoms in total. The zero-order valence-corrected chi connectivity index (χ0v) is 14.0. The molecule has 2 bridgehead atoms. The van der Waals surface area contributed by atoms with Gasteiger partial charge in [-0.3, -0.25) is 14.3 Å². The number of aromatic nitrogens is 2. The summed E-state index contributed by atoms with van der Waals surface area (Å²) in [6, 6.07) is 7.23. The molecule has 7 heteroatoms. The molecule has 1 N–H and O–H groups in total. The van der Waals surface area contributed by atoms with E-state index in [0.29, 0.717) is 30.0 Å². The number of rotatable bonds is 3. The predicted octanol–water partition coefficient (Wildman–Crippen LogP) is 1.71. The van der Waals surface area contributed by atoms with Gasteiger partial charge in [0, 0.05) is 32.1 Å². The average Bonchev–Trinajstić information content (AvgIpc) is 3.13. The van der Waals surface area contributed by atoms with E-state index >= 15 is 0 Å². The Hall–Kier alpha value is -2.83. The average molecular weight is 340 g/mol. The van der Waals surface area contributed by atoms with Crippen molar-refractivity contribution in [1.82, 2.24) is 20.0 Å². The first-order valence-electron chi connectivity index (χ1n) is 8.46. The number of carbonyl (C=O) groups is 2. The minimum Gasteiger partial charge on any atom is -0.453 e. The van der Waals surface area contributed by atoms with Gasteiger partial charge in [0.1, 0.15) is 5.75 Å². The molecule has 0 saturated carbocycles. The molecular weight excluding hydrogens is 320 g/mol. The van der Waals surface area contributed by atoms with Gasteiger partial charge in [0.05, 0.1) is 18.0 Å². The fourth-order valence-corrected chi connectivity index (χ4v) is 3.66. The van der Waals surface area contributed by atoms with Gasteiger partial charge >= 0.3 is 0 Å². The molecule has 2 atom stereocenters. The van der Waals surface area contributed by atoms with Crippen LogP contribution in [0.5, 0.6) is 11.5 Å². The van der Waals surface area contributed by atoms with Gasteiger partial charge in [0.15, 0.2) is 5.75 Å². The number of fused-ring (bicyclic) bond motifs is 2. The Balaban J connectivity index is 1.63. The number of carbonyl (C=O) groups excluding carboxylic acids is 2. The minimum atomic E-state index is -0.0801. The lowest BCUT2D eigenvalue weighted by molar-refractivity contribution is -0.121. The maximum atomic E-state index is 13.2. The molecule has 1 aromatic heterocycles. The first-order valence-corrected chi connectivity index (χ1v) is 8.46. The van der Waals surface area contributed by atoms with Gasteiger partial charge in [-0.25, -0.2) is 0 Å². The number of ether oxygens (including phenoxy) is 1. The summed E-state index contributed by atoms with van der Waals surface area (Å²) in [6.45, 7) is 0.521. The quantitative estimate of drug-likeness (QED) is 0.923. The lowest BCUT2D eigenvalue weighted by Crippen LogP contribution is -2.42. The van der Waals surface area contributed by atoms with Gasteiger partial charge in [0.2, 0.25) is 5.91 Å². The van der Waals surface area contributed by atoms with Crippen LogP contribution in [0.3, 0.4) is 0 Å². The van der Waals surface area contributed by atoms with E-state index in [9.17, 15) is 9.59 Å². The summed E-state index contributed by atoms with van der Waals surface area (Å²) >= 11 is 0. The summed E-state index contributed by atoms with van der Waals surface area (Å²) < 4.78 is 7.52. The third kappa shape index (κ3) is 2.97. The molecule has 130 valence electrons. The smallest absolute Gasteiger partial charge is 0.258 e. The Morgan fingerprint density at radius 2 is 2.08 bits per heavy atom. The number of hydrogen-bond donors (Lipinski definition) is 1. The molecule has 2 amide bonds. The highest BCUT2D eigenvalue weighted by atomic mass is 16.5. The summed E-state index contributed by atoms with van der Waals surface area (Å²) in [6.07, 6.45) is 5.52. The third-order valence-electron chi connectivity index (χ3n) is 4.84. The van der Waals surface area contributed by atoms with Crippen LogP contribution in [-0.2, 0) is 11.8 Å². The van der Waals surface area contributed by atoms with Gasteiger partial charge in [-0.15, -0.1) is 0 Å². The van der Waals surface area contributed by atoms with Crippen molar-refractivity contribution < 1.29 is 14.3 Å². The minimum absolute atomic E-state index is 0.0184. The Morgan fingerprint density at radius 1 is 1.28 bits per heavy atom. The second-order valence-corrected chi connectivity index (χ2v) is 6.55. The van der Waals surface area contributed by atoms with E-state index in [2.05, 4.69) is 10.4 Å². The van der Waals surface area contributed by atoms with Crippen molar-refractivity contribution in [3.05, 3.63) is 42.2 Å². The zero-order valence-electron chi connectivity index (χ0n) is 14.0. The summed E-state index contributed by atoms with van der Waals surface area (Å²) in [5.74, 6) is 1.02. The number of hydrogen-bond acceptors (Lipinski definition) is 4. The SMILES string of the molecule is Cn1cc(Oc2ccccc2C(=O)N2C3CCC2CC(=O)NC3)cn1. The first-order chi connectivity index (χ1) is 12.1. The van der Waals surface area contributed by atoms with E-state index in [1.165, 1.54) is 0 Å². The largest absolute Gasteiger partial charge is 0.453 e. The Morgan fingerprint density at radius 3 is 2.88 bits per heavy atom.